The number of aryl methyl sites for hydroxylation is 1. The first-order valence-corrected chi connectivity index (χ1v) is 15.1. The summed E-state index contributed by atoms with van der Waals surface area (Å²) < 4.78 is 28.7. The average molecular weight is 664 g/mol. The third kappa shape index (κ3) is 8.96. The zero-order valence-corrected chi connectivity index (χ0v) is 26.1. The second-order valence-corrected chi connectivity index (χ2v) is 11.5. The number of carboxylic acids is 3. The first-order valence-electron chi connectivity index (χ1n) is 15.1. The lowest BCUT2D eigenvalue weighted by atomic mass is 9.88. The summed E-state index contributed by atoms with van der Waals surface area (Å²) in [5.41, 5.74) is 3.68. The molecule has 0 unspecified atom stereocenters. The Labute approximate surface area is 274 Å². The van der Waals surface area contributed by atoms with Gasteiger partial charge in [-0.05, 0) is 79.3 Å². The fourth-order valence-electron chi connectivity index (χ4n) is 5.61. The van der Waals surface area contributed by atoms with E-state index < -0.39 is 36.4 Å². The van der Waals surface area contributed by atoms with Gasteiger partial charge in [-0.3, -0.25) is 18.8 Å². The Kier molecular flexibility index (Phi) is 11.5. The molecule has 1 aliphatic rings. The molecule has 0 atom stereocenters. The summed E-state index contributed by atoms with van der Waals surface area (Å²) in [6, 6.07) is 18.6. The topological polar surface area (TPSA) is 170 Å². The Balaban J connectivity index is 0.000000341. The van der Waals surface area contributed by atoms with Crippen molar-refractivity contribution in [1.29, 1.82) is 0 Å². The average Bonchev–Trinajstić information content (AvgIpc) is 3.03. The lowest BCUT2D eigenvalue weighted by Gasteiger charge is -2.30. The van der Waals surface area contributed by atoms with Crippen molar-refractivity contribution in [3.05, 3.63) is 123 Å². The number of carboxylic acid groups (broad SMARTS) is 3. The third-order valence-corrected chi connectivity index (χ3v) is 8.08. The number of halogens is 2. The standard InChI is InChI=1S/C29H27F2N3O.C6H8O7/c1-20-26(29(35)34-16-3-2-4-27(34)32-20)15-19-33-17-13-23(14-18-33)28(21-5-9-24(30)10-6-21)22-7-11-25(31)12-8-22;7-3(8)1-6(13,5(11)12)2-4(9)10/h2-12,16H,13-15,17-19H2,1H3;13H,1-2H2,(H,7,8)(H,9,10)(H,11,12). The molecule has 48 heavy (non-hydrogen) atoms. The van der Waals surface area contributed by atoms with Gasteiger partial charge < -0.3 is 25.3 Å². The molecule has 0 saturated carbocycles. The van der Waals surface area contributed by atoms with E-state index in [0.717, 1.165) is 60.4 Å². The highest BCUT2D eigenvalue weighted by molar-refractivity contribution is 5.88. The minimum atomic E-state index is -2.74. The van der Waals surface area contributed by atoms with Gasteiger partial charge in [0.25, 0.3) is 5.56 Å². The summed E-state index contributed by atoms with van der Waals surface area (Å²) in [5.74, 6) is -5.57. The normalized spacial score (nSPS) is 13.5. The van der Waals surface area contributed by atoms with Crippen LogP contribution in [0, 0.1) is 18.6 Å². The van der Waals surface area contributed by atoms with Crippen molar-refractivity contribution in [2.45, 2.75) is 44.6 Å². The van der Waals surface area contributed by atoms with E-state index in [4.69, 9.17) is 20.4 Å². The van der Waals surface area contributed by atoms with Crippen molar-refractivity contribution in [3.63, 3.8) is 0 Å². The van der Waals surface area contributed by atoms with Gasteiger partial charge in [-0.25, -0.2) is 18.6 Å². The summed E-state index contributed by atoms with van der Waals surface area (Å²) in [4.78, 5) is 50.4. The number of fused-ring (bicyclic) bond motifs is 1. The Morgan fingerprint density at radius 2 is 1.35 bits per heavy atom. The van der Waals surface area contributed by atoms with Crippen LogP contribution >= 0.6 is 0 Å². The zero-order valence-electron chi connectivity index (χ0n) is 26.1. The van der Waals surface area contributed by atoms with E-state index in [1.54, 1.807) is 34.9 Å². The summed E-state index contributed by atoms with van der Waals surface area (Å²) in [5, 5.41) is 33.8. The molecule has 1 aliphatic heterocycles. The van der Waals surface area contributed by atoms with E-state index in [1.807, 2.05) is 25.1 Å². The minimum Gasteiger partial charge on any atom is -0.481 e. The maximum absolute atomic E-state index is 13.6. The summed E-state index contributed by atoms with van der Waals surface area (Å²) >= 11 is 0. The smallest absolute Gasteiger partial charge is 0.336 e. The van der Waals surface area contributed by atoms with Crippen molar-refractivity contribution in [1.82, 2.24) is 14.3 Å². The van der Waals surface area contributed by atoms with Crippen LogP contribution < -0.4 is 5.56 Å². The molecule has 1 fully saturated rings. The Morgan fingerprint density at radius 3 is 1.83 bits per heavy atom. The van der Waals surface area contributed by atoms with Crippen molar-refractivity contribution in [3.8, 4) is 0 Å². The van der Waals surface area contributed by atoms with Gasteiger partial charge in [0.1, 0.15) is 17.3 Å². The van der Waals surface area contributed by atoms with E-state index >= 15 is 0 Å². The number of nitrogens with zero attached hydrogens (tertiary/aromatic N) is 3. The van der Waals surface area contributed by atoms with Crippen LogP contribution in [-0.2, 0) is 20.8 Å². The molecule has 3 heterocycles. The predicted molar refractivity (Wildman–Crippen MR) is 171 cm³/mol. The molecule has 0 aliphatic carbocycles. The maximum Gasteiger partial charge on any atom is 0.336 e. The number of rotatable bonds is 10. The van der Waals surface area contributed by atoms with Gasteiger partial charge >= 0.3 is 17.9 Å². The number of aromatic nitrogens is 2. The van der Waals surface area contributed by atoms with E-state index in [-0.39, 0.29) is 17.2 Å². The predicted octanol–water partition coefficient (Wildman–Crippen LogP) is 4.17. The molecular formula is C35H35F2N3O8. The quantitative estimate of drug-likeness (QED) is 0.193. The van der Waals surface area contributed by atoms with Gasteiger partial charge in [0.05, 0.1) is 12.8 Å². The van der Waals surface area contributed by atoms with Crippen molar-refractivity contribution in [2.75, 3.05) is 19.6 Å². The van der Waals surface area contributed by atoms with Crippen LogP contribution in [0.5, 0.6) is 0 Å². The summed E-state index contributed by atoms with van der Waals surface area (Å²) in [6.45, 7) is 4.41. The molecule has 2 aromatic heterocycles. The highest BCUT2D eigenvalue weighted by Crippen LogP contribution is 2.32. The molecule has 5 rings (SSSR count). The number of likely N-dealkylation sites (tertiary alicyclic amines) is 1. The highest BCUT2D eigenvalue weighted by Gasteiger charge is 2.40. The molecule has 1 saturated heterocycles. The molecule has 4 aromatic rings. The molecule has 0 spiro atoms. The molecular weight excluding hydrogens is 628 g/mol. The number of benzene rings is 2. The van der Waals surface area contributed by atoms with Crippen LogP contribution in [-0.4, -0.2) is 77.9 Å². The van der Waals surface area contributed by atoms with Crippen LogP contribution in [0.1, 0.15) is 48.1 Å². The van der Waals surface area contributed by atoms with E-state index in [9.17, 15) is 28.0 Å². The molecule has 4 N–H and O–H groups in total. The number of aliphatic carboxylic acids is 3. The van der Waals surface area contributed by atoms with Crippen LogP contribution in [0.15, 0.2) is 83.3 Å². The largest absolute Gasteiger partial charge is 0.481 e. The lowest BCUT2D eigenvalue weighted by Crippen LogP contribution is -2.42. The van der Waals surface area contributed by atoms with Gasteiger partial charge in [0.15, 0.2) is 5.60 Å². The fourth-order valence-corrected chi connectivity index (χ4v) is 5.61. The van der Waals surface area contributed by atoms with Gasteiger partial charge in [-0.1, -0.05) is 35.9 Å². The Hall–Kier alpha value is -5.27. The van der Waals surface area contributed by atoms with E-state index in [2.05, 4.69) is 9.88 Å². The Morgan fingerprint density at radius 1 is 0.833 bits per heavy atom. The molecule has 0 radical (unpaired) electrons. The number of hydrogen-bond donors (Lipinski definition) is 4. The number of pyridine rings is 1. The molecule has 0 amide bonds. The van der Waals surface area contributed by atoms with E-state index in [0.29, 0.717) is 12.1 Å². The molecule has 11 nitrogen and oxygen atoms in total. The summed E-state index contributed by atoms with van der Waals surface area (Å²) in [6.07, 6.45) is 1.84. The lowest BCUT2D eigenvalue weighted by molar-refractivity contribution is -0.170. The monoisotopic (exact) mass is 663 g/mol. The number of hydrogen-bond acceptors (Lipinski definition) is 7. The van der Waals surface area contributed by atoms with Gasteiger partial charge in [0.2, 0.25) is 0 Å². The third-order valence-electron chi connectivity index (χ3n) is 8.08. The van der Waals surface area contributed by atoms with Crippen molar-refractivity contribution >= 4 is 29.1 Å². The zero-order chi connectivity index (χ0) is 35.0. The Bertz CT molecular complexity index is 1820. The maximum atomic E-state index is 13.6. The van der Waals surface area contributed by atoms with Crippen LogP contribution in [0.2, 0.25) is 0 Å². The number of aliphatic hydroxyl groups is 1. The van der Waals surface area contributed by atoms with Crippen LogP contribution in [0.4, 0.5) is 8.78 Å². The first-order chi connectivity index (χ1) is 22.8. The van der Waals surface area contributed by atoms with Crippen molar-refractivity contribution in [2.24, 2.45) is 0 Å². The molecule has 13 heteroatoms. The van der Waals surface area contributed by atoms with Gasteiger partial charge in [-0.15, -0.1) is 0 Å². The second-order valence-electron chi connectivity index (χ2n) is 11.5. The number of piperidine rings is 1. The summed E-state index contributed by atoms with van der Waals surface area (Å²) in [7, 11) is 0. The van der Waals surface area contributed by atoms with Crippen LogP contribution in [0.3, 0.4) is 0 Å². The minimum absolute atomic E-state index is 0.000556. The van der Waals surface area contributed by atoms with Gasteiger partial charge in [-0.2, -0.15) is 0 Å². The number of carbonyl (C=O) groups is 3. The highest BCUT2D eigenvalue weighted by atomic mass is 19.1. The molecule has 0 bridgehead atoms. The SMILES string of the molecule is Cc1nc2ccccn2c(=O)c1CCN1CCC(=C(c2ccc(F)cc2)c2ccc(F)cc2)CC1.O=C(O)CC(O)(CC(=O)O)C(=O)O. The second kappa shape index (κ2) is 15.5. The fraction of sp³-hybridized carbons (Fsp3) is 0.286. The van der Waals surface area contributed by atoms with Gasteiger partial charge in [0, 0.05) is 37.1 Å². The van der Waals surface area contributed by atoms with Crippen molar-refractivity contribution < 1.29 is 43.6 Å². The molecule has 252 valence electrons. The van der Waals surface area contributed by atoms with Crippen LogP contribution in [0.25, 0.3) is 11.2 Å². The first kappa shape index (κ1) is 35.6. The van der Waals surface area contributed by atoms with E-state index in [1.165, 1.54) is 29.8 Å². The molecule has 2 aromatic carbocycles.